The lowest BCUT2D eigenvalue weighted by molar-refractivity contribution is 0.0909. The zero-order valence-electron chi connectivity index (χ0n) is 10.2. The zero-order valence-corrected chi connectivity index (χ0v) is 10.9. The van der Waals surface area contributed by atoms with Gasteiger partial charge in [-0.15, -0.1) is 0 Å². The molecule has 0 bridgehead atoms. The third kappa shape index (κ3) is 2.78. The highest BCUT2D eigenvalue weighted by atomic mass is 35.5. The number of rotatable bonds is 2. The van der Waals surface area contributed by atoms with Gasteiger partial charge in [0.05, 0.1) is 5.56 Å². The highest BCUT2D eigenvalue weighted by Gasteiger charge is 2.35. The number of hydrogen-bond donors (Lipinski definition) is 1. The first kappa shape index (κ1) is 12.4. The van der Waals surface area contributed by atoms with Crippen molar-refractivity contribution in [3.05, 3.63) is 29.0 Å². The van der Waals surface area contributed by atoms with Crippen molar-refractivity contribution in [2.45, 2.75) is 39.2 Å². The van der Waals surface area contributed by atoms with E-state index >= 15 is 0 Å². The number of aromatic nitrogens is 1. The first-order valence-corrected chi connectivity index (χ1v) is 6.29. The third-order valence-corrected chi connectivity index (χ3v) is 3.78. The lowest BCUT2D eigenvalue weighted by atomic mass is 9.87. The fourth-order valence-electron chi connectivity index (χ4n) is 2.35. The molecular formula is C13H17ClN2O. The van der Waals surface area contributed by atoms with Crippen LogP contribution in [0.5, 0.6) is 0 Å². The van der Waals surface area contributed by atoms with Gasteiger partial charge >= 0.3 is 0 Å². The molecule has 3 nitrogen and oxygen atoms in total. The minimum Gasteiger partial charge on any atom is -0.349 e. The van der Waals surface area contributed by atoms with Crippen LogP contribution in [0.1, 0.15) is 43.5 Å². The quantitative estimate of drug-likeness (QED) is 0.822. The lowest BCUT2D eigenvalue weighted by Crippen LogP contribution is -2.41. The van der Waals surface area contributed by atoms with Gasteiger partial charge in [0.15, 0.2) is 0 Å². The number of amides is 1. The van der Waals surface area contributed by atoms with E-state index in [1.54, 1.807) is 12.1 Å². The SMILES string of the molecule is CC1(C)CCCC1NC(=O)c1ccc(Cl)nc1. The second-order valence-electron chi connectivity index (χ2n) is 5.28. The Bertz CT molecular complexity index is 414. The monoisotopic (exact) mass is 252 g/mol. The Hall–Kier alpha value is -1.09. The Balaban J connectivity index is 2.04. The molecule has 1 heterocycles. The summed E-state index contributed by atoms with van der Waals surface area (Å²) in [7, 11) is 0. The van der Waals surface area contributed by atoms with Crippen LogP contribution in [0.15, 0.2) is 18.3 Å². The highest BCUT2D eigenvalue weighted by Crippen LogP contribution is 2.37. The van der Waals surface area contributed by atoms with Crippen molar-refractivity contribution < 1.29 is 4.79 Å². The van der Waals surface area contributed by atoms with Crippen LogP contribution in [-0.2, 0) is 0 Å². The fourth-order valence-corrected chi connectivity index (χ4v) is 2.46. The summed E-state index contributed by atoms with van der Waals surface area (Å²) in [5.41, 5.74) is 0.757. The molecule has 92 valence electrons. The number of nitrogens with zero attached hydrogens (tertiary/aromatic N) is 1. The van der Waals surface area contributed by atoms with Gasteiger partial charge in [-0.1, -0.05) is 31.9 Å². The second kappa shape index (κ2) is 4.65. The Labute approximate surface area is 107 Å². The predicted molar refractivity (Wildman–Crippen MR) is 68.1 cm³/mol. The maximum Gasteiger partial charge on any atom is 0.253 e. The molecule has 1 unspecified atom stereocenters. The number of hydrogen-bond acceptors (Lipinski definition) is 2. The Morgan fingerprint density at radius 2 is 2.29 bits per heavy atom. The largest absolute Gasteiger partial charge is 0.349 e. The van der Waals surface area contributed by atoms with Crippen LogP contribution in [-0.4, -0.2) is 16.9 Å². The van der Waals surface area contributed by atoms with Crippen LogP contribution >= 0.6 is 11.6 Å². The summed E-state index contributed by atoms with van der Waals surface area (Å²) in [5, 5.41) is 3.49. The van der Waals surface area contributed by atoms with Crippen LogP contribution in [0, 0.1) is 5.41 Å². The van der Waals surface area contributed by atoms with E-state index in [1.165, 1.54) is 12.6 Å². The molecule has 1 amide bonds. The number of nitrogens with one attached hydrogen (secondary N) is 1. The van der Waals surface area contributed by atoms with Crippen LogP contribution in [0.25, 0.3) is 0 Å². The summed E-state index contributed by atoms with van der Waals surface area (Å²) in [6.45, 7) is 4.40. The summed E-state index contributed by atoms with van der Waals surface area (Å²) in [4.78, 5) is 15.9. The Morgan fingerprint density at radius 1 is 1.53 bits per heavy atom. The van der Waals surface area contributed by atoms with Crippen molar-refractivity contribution in [1.29, 1.82) is 0 Å². The smallest absolute Gasteiger partial charge is 0.253 e. The van der Waals surface area contributed by atoms with E-state index in [4.69, 9.17) is 11.6 Å². The summed E-state index contributed by atoms with van der Waals surface area (Å²) >= 11 is 5.69. The van der Waals surface area contributed by atoms with E-state index < -0.39 is 0 Å². The van der Waals surface area contributed by atoms with Crippen LogP contribution in [0.3, 0.4) is 0 Å². The lowest BCUT2D eigenvalue weighted by Gasteiger charge is -2.27. The Kier molecular flexibility index (Phi) is 3.38. The van der Waals surface area contributed by atoms with Crippen LogP contribution in [0.2, 0.25) is 5.15 Å². The van der Waals surface area contributed by atoms with Gasteiger partial charge in [-0.2, -0.15) is 0 Å². The van der Waals surface area contributed by atoms with E-state index in [0.29, 0.717) is 10.7 Å². The van der Waals surface area contributed by atoms with Crippen molar-refractivity contribution >= 4 is 17.5 Å². The van der Waals surface area contributed by atoms with Crippen molar-refractivity contribution in [2.75, 3.05) is 0 Å². The molecule has 0 aromatic carbocycles. The average Bonchev–Trinajstić information content (AvgIpc) is 2.59. The van der Waals surface area contributed by atoms with Gasteiger partial charge in [0.1, 0.15) is 5.15 Å². The van der Waals surface area contributed by atoms with Crippen molar-refractivity contribution in [3.63, 3.8) is 0 Å². The molecule has 1 aliphatic carbocycles. The molecule has 17 heavy (non-hydrogen) atoms. The molecule has 1 N–H and O–H groups in total. The Morgan fingerprint density at radius 3 is 2.82 bits per heavy atom. The van der Waals surface area contributed by atoms with Gasteiger partial charge in [-0.05, 0) is 30.4 Å². The molecule has 0 saturated heterocycles. The molecule has 1 aromatic heterocycles. The minimum absolute atomic E-state index is 0.0610. The molecule has 0 aliphatic heterocycles. The van der Waals surface area contributed by atoms with Crippen molar-refractivity contribution in [3.8, 4) is 0 Å². The molecule has 0 spiro atoms. The maximum absolute atomic E-state index is 12.0. The summed E-state index contributed by atoms with van der Waals surface area (Å²) in [5.74, 6) is -0.0610. The maximum atomic E-state index is 12.0. The molecule has 1 atom stereocenters. The fraction of sp³-hybridized carbons (Fsp3) is 0.538. The number of pyridine rings is 1. The highest BCUT2D eigenvalue weighted by molar-refractivity contribution is 6.29. The summed E-state index contributed by atoms with van der Waals surface area (Å²) in [6, 6.07) is 3.59. The molecule has 2 rings (SSSR count). The van der Waals surface area contributed by atoms with Gasteiger partial charge in [0.25, 0.3) is 5.91 Å². The van der Waals surface area contributed by atoms with E-state index in [9.17, 15) is 4.79 Å². The van der Waals surface area contributed by atoms with Crippen molar-refractivity contribution in [2.24, 2.45) is 5.41 Å². The van der Waals surface area contributed by atoms with E-state index in [1.807, 2.05) is 0 Å². The molecule has 1 fully saturated rings. The molecule has 1 aromatic rings. The van der Waals surface area contributed by atoms with Crippen LogP contribution < -0.4 is 5.32 Å². The zero-order chi connectivity index (χ0) is 12.5. The number of carbonyl (C=O) groups is 1. The first-order valence-electron chi connectivity index (χ1n) is 5.91. The van der Waals surface area contributed by atoms with Gasteiger partial charge in [-0.25, -0.2) is 4.98 Å². The number of carbonyl (C=O) groups excluding carboxylic acids is 1. The minimum atomic E-state index is -0.0610. The molecule has 4 heteroatoms. The van der Waals surface area contributed by atoms with Gasteiger partial charge in [-0.3, -0.25) is 4.79 Å². The van der Waals surface area contributed by atoms with E-state index in [0.717, 1.165) is 12.8 Å². The van der Waals surface area contributed by atoms with Crippen molar-refractivity contribution in [1.82, 2.24) is 10.3 Å². The summed E-state index contributed by atoms with van der Waals surface area (Å²) < 4.78 is 0. The number of halogens is 1. The normalized spacial score (nSPS) is 22.4. The van der Waals surface area contributed by atoms with E-state index in [-0.39, 0.29) is 17.4 Å². The third-order valence-electron chi connectivity index (χ3n) is 3.55. The second-order valence-corrected chi connectivity index (χ2v) is 5.66. The molecule has 0 radical (unpaired) electrons. The summed E-state index contributed by atoms with van der Waals surface area (Å²) in [6.07, 6.45) is 4.91. The molecular weight excluding hydrogens is 236 g/mol. The van der Waals surface area contributed by atoms with E-state index in [2.05, 4.69) is 24.1 Å². The standard InChI is InChI=1S/C13H17ClN2O/c1-13(2)7-3-4-10(13)16-12(17)9-5-6-11(14)15-8-9/h5-6,8,10H,3-4,7H2,1-2H3,(H,16,17). The average molecular weight is 253 g/mol. The first-order chi connectivity index (χ1) is 7.99. The van der Waals surface area contributed by atoms with Gasteiger partial charge < -0.3 is 5.32 Å². The van der Waals surface area contributed by atoms with Gasteiger partial charge in [0.2, 0.25) is 0 Å². The molecule has 1 saturated carbocycles. The molecule has 1 aliphatic rings. The van der Waals surface area contributed by atoms with Gasteiger partial charge in [0, 0.05) is 12.2 Å². The topological polar surface area (TPSA) is 42.0 Å². The van der Waals surface area contributed by atoms with Crippen LogP contribution in [0.4, 0.5) is 0 Å². The predicted octanol–water partition coefficient (Wildman–Crippen LogP) is 3.04.